The van der Waals surface area contributed by atoms with Crippen LogP contribution < -0.4 is 15.0 Å². The molecule has 0 aromatic heterocycles. The molecule has 1 aliphatic heterocycles. The Kier molecular flexibility index (Phi) is 5.56. The highest BCUT2D eigenvalue weighted by Gasteiger charge is 2.29. The van der Waals surface area contributed by atoms with Gasteiger partial charge in [-0.2, -0.15) is 0 Å². The number of nitrogens with zero attached hydrogens (tertiary/aromatic N) is 1. The lowest BCUT2D eigenvalue weighted by Crippen LogP contribution is -2.50. The average Bonchev–Trinajstić information content (AvgIpc) is 2.49. The summed E-state index contributed by atoms with van der Waals surface area (Å²) < 4.78 is 10.8. The topological polar surface area (TPSA) is 105 Å². The van der Waals surface area contributed by atoms with E-state index in [1.807, 2.05) is 0 Å². The molecule has 124 valence electrons. The van der Waals surface area contributed by atoms with E-state index in [2.05, 4.69) is 21.2 Å². The van der Waals surface area contributed by atoms with Crippen LogP contribution in [0.5, 0.6) is 5.75 Å². The molecule has 1 aliphatic rings. The molecule has 1 atom stereocenters. The molecule has 1 aromatic carbocycles. The Hall–Kier alpha value is -2.13. The van der Waals surface area contributed by atoms with E-state index in [1.165, 1.54) is 12.0 Å². The second-order valence-electron chi connectivity index (χ2n) is 4.79. The summed E-state index contributed by atoms with van der Waals surface area (Å²) in [5.41, 5.74) is 0.457. The van der Waals surface area contributed by atoms with Crippen molar-refractivity contribution in [3.05, 3.63) is 22.7 Å². The van der Waals surface area contributed by atoms with Crippen molar-refractivity contribution in [1.82, 2.24) is 5.32 Å². The van der Waals surface area contributed by atoms with Gasteiger partial charge in [-0.1, -0.05) is 15.9 Å². The number of hydrogen-bond acceptors (Lipinski definition) is 5. The van der Waals surface area contributed by atoms with Crippen molar-refractivity contribution >= 4 is 39.4 Å². The summed E-state index contributed by atoms with van der Waals surface area (Å²) in [7, 11) is 1.34. The third kappa shape index (κ3) is 4.20. The molecule has 0 bridgehead atoms. The number of benzene rings is 1. The summed E-state index contributed by atoms with van der Waals surface area (Å²) in [6, 6.07) is 3.88. The van der Waals surface area contributed by atoms with Crippen molar-refractivity contribution in [2.75, 3.05) is 31.8 Å². The molecule has 2 N–H and O–H groups in total. The van der Waals surface area contributed by atoms with Gasteiger partial charge in [-0.3, -0.25) is 14.5 Å². The normalized spacial score (nSPS) is 14.7. The number of ether oxygens (including phenoxy) is 2. The van der Waals surface area contributed by atoms with Crippen LogP contribution in [-0.4, -0.2) is 55.8 Å². The molecular formula is C14H15BrN2O6. The number of nitrogens with one attached hydrogen (secondary N) is 1. The highest BCUT2D eigenvalue weighted by atomic mass is 79.9. The maximum absolute atomic E-state index is 12.0. The van der Waals surface area contributed by atoms with E-state index in [1.54, 1.807) is 18.2 Å². The number of methoxy groups -OCH3 is 1. The number of carboxylic acids is 1. The SMILES string of the molecule is COCC(NC(=O)CN1C(=O)COc2cc(Br)ccc21)C(=O)O. The molecule has 9 heteroatoms. The number of carboxylic acid groups (broad SMARTS) is 1. The largest absolute Gasteiger partial charge is 0.482 e. The molecule has 0 aliphatic carbocycles. The second-order valence-corrected chi connectivity index (χ2v) is 5.71. The first-order valence-electron chi connectivity index (χ1n) is 6.66. The van der Waals surface area contributed by atoms with Gasteiger partial charge in [0.25, 0.3) is 5.91 Å². The lowest BCUT2D eigenvalue weighted by atomic mass is 10.2. The van der Waals surface area contributed by atoms with Gasteiger partial charge in [0.05, 0.1) is 12.3 Å². The minimum atomic E-state index is -1.21. The predicted octanol–water partition coefficient (Wildman–Crippen LogP) is 0.390. The number of amides is 2. The fourth-order valence-corrected chi connectivity index (χ4v) is 2.42. The molecule has 1 unspecified atom stereocenters. The number of fused-ring (bicyclic) bond motifs is 1. The molecule has 1 aromatic rings. The van der Waals surface area contributed by atoms with Crippen LogP contribution in [0.3, 0.4) is 0 Å². The van der Waals surface area contributed by atoms with E-state index in [0.29, 0.717) is 11.4 Å². The van der Waals surface area contributed by atoms with E-state index in [9.17, 15) is 14.4 Å². The Balaban J connectivity index is 2.11. The number of rotatable bonds is 6. The average molecular weight is 387 g/mol. The van der Waals surface area contributed by atoms with Crippen LogP contribution in [-0.2, 0) is 19.1 Å². The molecule has 0 saturated carbocycles. The third-order valence-corrected chi connectivity index (χ3v) is 3.63. The highest BCUT2D eigenvalue weighted by molar-refractivity contribution is 9.10. The van der Waals surface area contributed by atoms with Crippen LogP contribution in [0, 0.1) is 0 Å². The first kappa shape index (κ1) is 17.2. The molecule has 8 nitrogen and oxygen atoms in total. The van der Waals surface area contributed by atoms with Crippen LogP contribution in [0.1, 0.15) is 0 Å². The number of carbonyl (C=O) groups is 3. The third-order valence-electron chi connectivity index (χ3n) is 3.13. The molecular weight excluding hydrogens is 372 g/mol. The Morgan fingerprint density at radius 3 is 2.91 bits per heavy atom. The van der Waals surface area contributed by atoms with Gasteiger partial charge in [0.15, 0.2) is 12.6 Å². The maximum atomic E-state index is 12.0. The minimum absolute atomic E-state index is 0.165. The Labute approximate surface area is 140 Å². The predicted molar refractivity (Wildman–Crippen MR) is 83.4 cm³/mol. The van der Waals surface area contributed by atoms with Crippen LogP contribution in [0.4, 0.5) is 5.69 Å². The number of carbonyl (C=O) groups excluding carboxylic acids is 2. The summed E-state index contributed by atoms with van der Waals surface area (Å²) in [6.45, 7) is -0.650. The molecule has 2 rings (SSSR count). The van der Waals surface area contributed by atoms with Crippen molar-refractivity contribution in [3.63, 3.8) is 0 Å². The van der Waals surface area contributed by atoms with Gasteiger partial charge in [0, 0.05) is 11.6 Å². The smallest absolute Gasteiger partial charge is 0.328 e. The first-order chi connectivity index (χ1) is 10.9. The molecule has 0 spiro atoms. The fourth-order valence-electron chi connectivity index (χ4n) is 2.08. The fraction of sp³-hybridized carbons (Fsp3) is 0.357. The van der Waals surface area contributed by atoms with E-state index >= 15 is 0 Å². The zero-order valence-corrected chi connectivity index (χ0v) is 13.8. The molecule has 1 heterocycles. The van der Waals surface area contributed by atoms with Gasteiger partial charge in [-0.25, -0.2) is 4.79 Å². The van der Waals surface area contributed by atoms with Crippen molar-refractivity contribution in [2.45, 2.75) is 6.04 Å². The maximum Gasteiger partial charge on any atom is 0.328 e. The van der Waals surface area contributed by atoms with Crippen molar-refractivity contribution in [3.8, 4) is 5.75 Å². The Morgan fingerprint density at radius 2 is 2.26 bits per heavy atom. The van der Waals surface area contributed by atoms with Gasteiger partial charge in [0.2, 0.25) is 5.91 Å². The number of hydrogen-bond donors (Lipinski definition) is 2. The minimum Gasteiger partial charge on any atom is -0.482 e. The lowest BCUT2D eigenvalue weighted by Gasteiger charge is -2.29. The molecule has 0 fully saturated rings. The van der Waals surface area contributed by atoms with Crippen molar-refractivity contribution < 1.29 is 29.0 Å². The number of aliphatic carboxylic acids is 1. The van der Waals surface area contributed by atoms with Crippen LogP contribution in [0.15, 0.2) is 22.7 Å². The van der Waals surface area contributed by atoms with E-state index in [-0.39, 0.29) is 25.7 Å². The summed E-state index contributed by atoms with van der Waals surface area (Å²) in [5, 5.41) is 11.3. The summed E-state index contributed by atoms with van der Waals surface area (Å²) >= 11 is 3.30. The Morgan fingerprint density at radius 1 is 1.52 bits per heavy atom. The zero-order valence-electron chi connectivity index (χ0n) is 12.2. The molecule has 0 radical (unpaired) electrons. The van der Waals surface area contributed by atoms with Gasteiger partial charge >= 0.3 is 5.97 Å². The monoisotopic (exact) mass is 386 g/mol. The lowest BCUT2D eigenvalue weighted by molar-refractivity contribution is -0.143. The number of anilines is 1. The first-order valence-corrected chi connectivity index (χ1v) is 7.45. The van der Waals surface area contributed by atoms with Crippen LogP contribution in [0.2, 0.25) is 0 Å². The molecule has 23 heavy (non-hydrogen) atoms. The van der Waals surface area contributed by atoms with E-state index < -0.39 is 17.9 Å². The molecule has 0 saturated heterocycles. The highest BCUT2D eigenvalue weighted by Crippen LogP contribution is 2.34. The summed E-state index contributed by atoms with van der Waals surface area (Å²) in [6.07, 6.45) is 0. The van der Waals surface area contributed by atoms with Gasteiger partial charge in [0.1, 0.15) is 12.3 Å². The van der Waals surface area contributed by atoms with Crippen LogP contribution >= 0.6 is 15.9 Å². The quantitative estimate of drug-likeness (QED) is 0.732. The van der Waals surface area contributed by atoms with Gasteiger partial charge in [-0.05, 0) is 18.2 Å². The summed E-state index contributed by atoms with van der Waals surface area (Å²) in [4.78, 5) is 36.3. The summed E-state index contributed by atoms with van der Waals surface area (Å²) in [5.74, 6) is -1.72. The molecule has 2 amide bonds. The van der Waals surface area contributed by atoms with E-state index in [4.69, 9.17) is 14.6 Å². The van der Waals surface area contributed by atoms with Crippen molar-refractivity contribution in [1.29, 1.82) is 0 Å². The van der Waals surface area contributed by atoms with Gasteiger partial charge in [-0.15, -0.1) is 0 Å². The van der Waals surface area contributed by atoms with E-state index in [0.717, 1.165) is 4.47 Å². The number of halogens is 1. The second kappa shape index (κ2) is 7.42. The van der Waals surface area contributed by atoms with Gasteiger partial charge < -0.3 is 19.9 Å². The zero-order chi connectivity index (χ0) is 17.0. The Bertz CT molecular complexity index is 636. The van der Waals surface area contributed by atoms with Crippen LogP contribution in [0.25, 0.3) is 0 Å². The standard InChI is InChI=1S/C14H15BrN2O6/c1-22-6-9(14(20)21)16-12(18)5-17-10-3-2-8(15)4-11(10)23-7-13(17)19/h2-4,9H,5-7H2,1H3,(H,16,18)(H,20,21). The van der Waals surface area contributed by atoms with Crippen molar-refractivity contribution in [2.24, 2.45) is 0 Å².